The van der Waals surface area contributed by atoms with E-state index in [-0.39, 0.29) is 6.10 Å². The van der Waals surface area contributed by atoms with Gasteiger partial charge in [-0.3, -0.25) is 0 Å². The molecule has 0 aromatic heterocycles. The third-order valence-electron chi connectivity index (χ3n) is 3.72. The van der Waals surface area contributed by atoms with Crippen LogP contribution in [0.25, 0.3) is 0 Å². The van der Waals surface area contributed by atoms with Crippen LogP contribution in [0, 0.1) is 0 Å². The fourth-order valence-corrected chi connectivity index (χ4v) is 3.00. The molecule has 1 N–H and O–H groups in total. The van der Waals surface area contributed by atoms with E-state index in [9.17, 15) is 0 Å². The number of rotatable bonds is 6. The number of nitrogens with one attached hydrogen (secondary N) is 1. The maximum atomic E-state index is 5.37. The highest BCUT2D eigenvalue weighted by atomic mass is 79.9. The molecule has 0 heterocycles. The summed E-state index contributed by atoms with van der Waals surface area (Å²) in [5, 5.41) is 3.60. The number of methoxy groups -OCH3 is 2. The quantitative estimate of drug-likeness (QED) is 0.871. The first-order chi connectivity index (χ1) is 9.22. The molecule has 1 aliphatic rings. The molecule has 1 aromatic carbocycles. The predicted octanol–water partition coefficient (Wildman–Crippen LogP) is 2.56. The van der Waals surface area contributed by atoms with Crippen molar-refractivity contribution in [3.8, 4) is 0 Å². The van der Waals surface area contributed by atoms with Crippen LogP contribution >= 0.6 is 15.9 Å². The van der Waals surface area contributed by atoms with Gasteiger partial charge < -0.3 is 14.8 Å². The molecular weight excluding hydrogens is 306 g/mol. The van der Waals surface area contributed by atoms with Gasteiger partial charge in [-0.1, -0.05) is 22.0 Å². The lowest BCUT2D eigenvalue weighted by Crippen LogP contribution is -2.41. The summed E-state index contributed by atoms with van der Waals surface area (Å²) in [6.45, 7) is 1.49. The van der Waals surface area contributed by atoms with Crippen LogP contribution in [0.15, 0.2) is 22.7 Å². The number of fused-ring (bicyclic) bond motifs is 1. The van der Waals surface area contributed by atoms with Crippen LogP contribution in [0.5, 0.6) is 0 Å². The first-order valence-corrected chi connectivity index (χ1v) is 7.54. The molecule has 4 heteroatoms. The van der Waals surface area contributed by atoms with Gasteiger partial charge in [-0.25, -0.2) is 0 Å². The summed E-state index contributed by atoms with van der Waals surface area (Å²) in [5.74, 6) is 0. The fraction of sp³-hybridized carbons (Fsp3) is 0.600. The molecule has 0 amide bonds. The van der Waals surface area contributed by atoms with Crippen molar-refractivity contribution in [3.05, 3.63) is 33.8 Å². The lowest BCUT2D eigenvalue weighted by molar-refractivity contribution is 0.0271. The van der Waals surface area contributed by atoms with Crippen LogP contribution in [-0.2, 0) is 22.3 Å². The summed E-state index contributed by atoms with van der Waals surface area (Å²) in [6.07, 6.45) is 3.57. The Hall–Kier alpha value is -0.420. The smallest absolute Gasteiger partial charge is 0.0928 e. The second kappa shape index (κ2) is 7.39. The molecule has 1 aromatic rings. The lowest BCUT2D eigenvalue weighted by atomic mass is 9.88. The summed E-state index contributed by atoms with van der Waals surface area (Å²) in [6, 6.07) is 7.15. The van der Waals surface area contributed by atoms with Crippen molar-refractivity contribution in [3.63, 3.8) is 0 Å². The molecule has 0 radical (unpaired) electrons. The van der Waals surface area contributed by atoms with Gasteiger partial charge in [0.1, 0.15) is 0 Å². The van der Waals surface area contributed by atoms with Gasteiger partial charge in [-0.2, -0.15) is 0 Å². The Labute approximate surface area is 123 Å². The number of halogens is 1. The van der Waals surface area contributed by atoms with E-state index in [0.29, 0.717) is 12.6 Å². The molecule has 19 heavy (non-hydrogen) atoms. The van der Waals surface area contributed by atoms with Gasteiger partial charge in [-0.15, -0.1) is 0 Å². The minimum absolute atomic E-state index is 0.135. The van der Waals surface area contributed by atoms with Crippen LogP contribution in [0.2, 0.25) is 0 Å². The Morgan fingerprint density at radius 3 is 2.95 bits per heavy atom. The van der Waals surface area contributed by atoms with Crippen LogP contribution < -0.4 is 5.32 Å². The zero-order valence-electron chi connectivity index (χ0n) is 11.6. The molecule has 0 aliphatic heterocycles. The number of hydrogen-bond donors (Lipinski definition) is 1. The van der Waals surface area contributed by atoms with E-state index in [4.69, 9.17) is 9.47 Å². The zero-order chi connectivity index (χ0) is 13.7. The number of hydrogen-bond acceptors (Lipinski definition) is 3. The van der Waals surface area contributed by atoms with Crippen LogP contribution in [0.3, 0.4) is 0 Å². The summed E-state index contributed by atoms with van der Waals surface area (Å²) in [7, 11) is 3.44. The van der Waals surface area contributed by atoms with Crippen molar-refractivity contribution in [1.82, 2.24) is 5.32 Å². The minimum atomic E-state index is 0.135. The molecule has 2 rings (SSSR count). The highest BCUT2D eigenvalue weighted by molar-refractivity contribution is 9.10. The molecular formula is C15H22BrNO2. The Kier molecular flexibility index (Phi) is 5.82. The highest BCUT2D eigenvalue weighted by Gasteiger charge is 2.19. The number of benzene rings is 1. The SMILES string of the molecule is COCC(CNC1CCc2cc(Br)ccc2C1)OC. The van der Waals surface area contributed by atoms with Gasteiger partial charge in [0.05, 0.1) is 12.7 Å². The van der Waals surface area contributed by atoms with Gasteiger partial charge in [-0.05, 0) is 42.5 Å². The Morgan fingerprint density at radius 2 is 2.21 bits per heavy atom. The Balaban J connectivity index is 1.86. The Morgan fingerprint density at radius 1 is 1.37 bits per heavy atom. The molecule has 0 fully saturated rings. The molecule has 3 nitrogen and oxygen atoms in total. The Bertz CT molecular complexity index is 411. The first kappa shape index (κ1) is 15.0. The average molecular weight is 328 g/mol. The number of aryl methyl sites for hydroxylation is 1. The van der Waals surface area contributed by atoms with Crippen LogP contribution in [0.1, 0.15) is 17.5 Å². The summed E-state index contributed by atoms with van der Waals surface area (Å²) < 4.78 is 11.7. The standard InChI is InChI=1S/C15H22BrNO2/c1-18-10-15(19-2)9-17-14-6-4-11-7-13(16)5-3-12(11)8-14/h3,5,7,14-15,17H,4,6,8-10H2,1-2H3. The molecule has 0 spiro atoms. The van der Waals surface area contributed by atoms with Crippen molar-refractivity contribution in [1.29, 1.82) is 0 Å². The summed E-state index contributed by atoms with van der Waals surface area (Å²) in [5.41, 5.74) is 2.94. The normalized spacial score (nSPS) is 20.1. The van der Waals surface area contributed by atoms with Gasteiger partial charge in [0.25, 0.3) is 0 Å². The number of ether oxygens (including phenoxy) is 2. The van der Waals surface area contributed by atoms with Gasteiger partial charge in [0.15, 0.2) is 0 Å². The molecule has 2 atom stereocenters. The molecule has 0 bridgehead atoms. The van der Waals surface area contributed by atoms with Crippen molar-refractivity contribution >= 4 is 15.9 Å². The summed E-state index contributed by atoms with van der Waals surface area (Å²) in [4.78, 5) is 0. The van der Waals surface area contributed by atoms with Gasteiger partial charge in [0.2, 0.25) is 0 Å². The van der Waals surface area contributed by atoms with Crippen LogP contribution in [0.4, 0.5) is 0 Å². The van der Waals surface area contributed by atoms with Crippen LogP contribution in [-0.4, -0.2) is 39.5 Å². The van der Waals surface area contributed by atoms with Gasteiger partial charge in [0, 0.05) is 31.3 Å². The molecule has 0 saturated carbocycles. The lowest BCUT2D eigenvalue weighted by Gasteiger charge is -2.27. The topological polar surface area (TPSA) is 30.5 Å². The monoisotopic (exact) mass is 327 g/mol. The van der Waals surface area contributed by atoms with Gasteiger partial charge >= 0.3 is 0 Å². The highest BCUT2D eigenvalue weighted by Crippen LogP contribution is 2.24. The largest absolute Gasteiger partial charge is 0.382 e. The third-order valence-corrected chi connectivity index (χ3v) is 4.21. The molecule has 106 valence electrons. The zero-order valence-corrected chi connectivity index (χ0v) is 13.2. The van der Waals surface area contributed by atoms with Crippen molar-refractivity contribution in [2.45, 2.75) is 31.4 Å². The maximum absolute atomic E-state index is 5.37. The second-order valence-corrected chi connectivity index (χ2v) is 5.99. The van der Waals surface area contributed by atoms with E-state index in [1.54, 1.807) is 14.2 Å². The summed E-state index contributed by atoms with van der Waals surface area (Å²) >= 11 is 3.54. The first-order valence-electron chi connectivity index (χ1n) is 6.75. The van der Waals surface area contributed by atoms with E-state index in [2.05, 4.69) is 39.4 Å². The third kappa shape index (κ3) is 4.28. The predicted molar refractivity (Wildman–Crippen MR) is 80.6 cm³/mol. The molecule has 1 aliphatic carbocycles. The molecule has 2 unspecified atom stereocenters. The average Bonchev–Trinajstić information content (AvgIpc) is 2.43. The maximum Gasteiger partial charge on any atom is 0.0928 e. The van der Waals surface area contributed by atoms with E-state index < -0.39 is 0 Å². The minimum Gasteiger partial charge on any atom is -0.382 e. The molecule has 0 saturated heterocycles. The van der Waals surface area contributed by atoms with E-state index in [0.717, 1.165) is 19.4 Å². The van der Waals surface area contributed by atoms with E-state index >= 15 is 0 Å². The van der Waals surface area contributed by atoms with E-state index in [1.165, 1.54) is 22.0 Å². The van der Waals surface area contributed by atoms with Crippen molar-refractivity contribution in [2.24, 2.45) is 0 Å². The second-order valence-electron chi connectivity index (χ2n) is 5.07. The van der Waals surface area contributed by atoms with Crippen molar-refractivity contribution in [2.75, 3.05) is 27.4 Å². The fourth-order valence-electron chi connectivity index (χ4n) is 2.59. The van der Waals surface area contributed by atoms with E-state index in [1.807, 2.05) is 0 Å². The van der Waals surface area contributed by atoms with Crippen molar-refractivity contribution < 1.29 is 9.47 Å².